The molecule has 1 aliphatic rings. The summed E-state index contributed by atoms with van der Waals surface area (Å²) in [5.41, 5.74) is 0.979. The highest BCUT2D eigenvalue weighted by Crippen LogP contribution is 2.16. The molecular weight excluding hydrogens is 268 g/mol. The van der Waals surface area contributed by atoms with E-state index in [4.69, 9.17) is 5.11 Å². The van der Waals surface area contributed by atoms with Crippen molar-refractivity contribution in [3.8, 4) is 0 Å². The van der Waals surface area contributed by atoms with Gasteiger partial charge in [0.1, 0.15) is 0 Å². The standard InChI is InChI=1S/C13H18N2O3.ClH/c16-9-11-6-12(7-14-11)15(13(17)18)8-10-4-2-1-3-5-10;/h1-5,11-12,14,16H,6-9H2,(H,17,18);1H/t11-,12-;/m1./s1. The lowest BCUT2D eigenvalue weighted by Crippen LogP contribution is -2.40. The van der Waals surface area contributed by atoms with Crippen LogP contribution in [0.5, 0.6) is 0 Å². The van der Waals surface area contributed by atoms with Crippen LogP contribution in [-0.4, -0.2) is 46.4 Å². The van der Waals surface area contributed by atoms with Crippen molar-refractivity contribution in [2.75, 3.05) is 13.2 Å². The van der Waals surface area contributed by atoms with E-state index in [2.05, 4.69) is 5.32 Å². The second kappa shape index (κ2) is 7.33. The molecule has 2 atom stereocenters. The zero-order chi connectivity index (χ0) is 13.0. The third kappa shape index (κ3) is 4.09. The molecule has 2 rings (SSSR count). The summed E-state index contributed by atoms with van der Waals surface area (Å²) in [6.45, 7) is 1.04. The number of nitrogens with zero attached hydrogens (tertiary/aromatic N) is 1. The summed E-state index contributed by atoms with van der Waals surface area (Å²) in [4.78, 5) is 12.8. The van der Waals surface area contributed by atoms with Crippen LogP contribution < -0.4 is 5.32 Å². The number of benzene rings is 1. The van der Waals surface area contributed by atoms with Crippen molar-refractivity contribution in [3.63, 3.8) is 0 Å². The first kappa shape index (κ1) is 15.8. The van der Waals surface area contributed by atoms with E-state index in [1.165, 1.54) is 4.90 Å². The van der Waals surface area contributed by atoms with Gasteiger partial charge in [-0.25, -0.2) is 4.79 Å². The Hall–Kier alpha value is -1.30. The van der Waals surface area contributed by atoms with Gasteiger partial charge in [-0.05, 0) is 12.0 Å². The molecule has 106 valence electrons. The number of hydrogen-bond acceptors (Lipinski definition) is 3. The largest absolute Gasteiger partial charge is 0.465 e. The van der Waals surface area contributed by atoms with E-state index in [1.54, 1.807) is 0 Å². The molecule has 1 aromatic rings. The highest BCUT2D eigenvalue weighted by Gasteiger charge is 2.31. The molecule has 0 aliphatic carbocycles. The second-order valence-corrected chi connectivity index (χ2v) is 4.57. The van der Waals surface area contributed by atoms with Crippen LogP contribution >= 0.6 is 12.4 Å². The number of nitrogens with one attached hydrogen (secondary N) is 1. The van der Waals surface area contributed by atoms with E-state index >= 15 is 0 Å². The normalized spacial score (nSPS) is 21.7. The Balaban J connectivity index is 0.00000180. The number of aliphatic hydroxyl groups is 1. The van der Waals surface area contributed by atoms with Crippen LogP contribution in [-0.2, 0) is 6.54 Å². The molecule has 19 heavy (non-hydrogen) atoms. The highest BCUT2D eigenvalue weighted by atomic mass is 35.5. The molecule has 1 fully saturated rings. The van der Waals surface area contributed by atoms with Crippen molar-refractivity contribution in [1.82, 2.24) is 10.2 Å². The number of hydrogen-bond donors (Lipinski definition) is 3. The van der Waals surface area contributed by atoms with Crippen molar-refractivity contribution in [2.24, 2.45) is 0 Å². The quantitative estimate of drug-likeness (QED) is 0.780. The van der Waals surface area contributed by atoms with Gasteiger partial charge in [0.2, 0.25) is 0 Å². The minimum absolute atomic E-state index is 0. The number of rotatable bonds is 4. The molecule has 0 saturated carbocycles. The molecule has 1 saturated heterocycles. The van der Waals surface area contributed by atoms with E-state index in [1.807, 2.05) is 30.3 Å². The third-order valence-electron chi connectivity index (χ3n) is 3.30. The van der Waals surface area contributed by atoms with E-state index < -0.39 is 6.09 Å². The van der Waals surface area contributed by atoms with Gasteiger partial charge in [-0.15, -0.1) is 12.4 Å². The average Bonchev–Trinajstić information content (AvgIpc) is 2.85. The molecule has 0 aromatic heterocycles. The summed E-state index contributed by atoms with van der Waals surface area (Å²) in [5.74, 6) is 0. The molecule has 3 N–H and O–H groups in total. The molecule has 0 radical (unpaired) electrons. The number of carbonyl (C=O) groups is 1. The van der Waals surface area contributed by atoms with Crippen LogP contribution in [0.3, 0.4) is 0 Å². The Bertz CT molecular complexity index is 402. The number of aliphatic hydroxyl groups excluding tert-OH is 1. The van der Waals surface area contributed by atoms with Gasteiger partial charge in [-0.3, -0.25) is 4.90 Å². The predicted molar refractivity (Wildman–Crippen MR) is 74.5 cm³/mol. The summed E-state index contributed by atoms with van der Waals surface area (Å²) in [6, 6.07) is 9.49. The smallest absolute Gasteiger partial charge is 0.407 e. The number of halogens is 1. The zero-order valence-electron chi connectivity index (χ0n) is 10.5. The lowest BCUT2D eigenvalue weighted by Gasteiger charge is -2.25. The van der Waals surface area contributed by atoms with E-state index in [-0.39, 0.29) is 31.1 Å². The first-order chi connectivity index (χ1) is 8.70. The van der Waals surface area contributed by atoms with Crippen LogP contribution in [0, 0.1) is 0 Å². The van der Waals surface area contributed by atoms with Gasteiger partial charge in [0.15, 0.2) is 0 Å². The van der Waals surface area contributed by atoms with Gasteiger partial charge in [0.25, 0.3) is 0 Å². The molecular formula is C13H19ClN2O3. The highest BCUT2D eigenvalue weighted by molar-refractivity contribution is 5.85. The Morgan fingerprint density at radius 2 is 2.05 bits per heavy atom. The number of amides is 1. The van der Waals surface area contributed by atoms with Crippen molar-refractivity contribution >= 4 is 18.5 Å². The fourth-order valence-electron chi connectivity index (χ4n) is 2.31. The summed E-state index contributed by atoms with van der Waals surface area (Å²) in [6.07, 6.45) is -0.250. The molecule has 1 heterocycles. The minimum Gasteiger partial charge on any atom is -0.465 e. The molecule has 6 heteroatoms. The zero-order valence-corrected chi connectivity index (χ0v) is 11.3. The summed E-state index contributed by atoms with van der Waals surface area (Å²) >= 11 is 0. The molecule has 0 bridgehead atoms. The third-order valence-corrected chi connectivity index (χ3v) is 3.30. The monoisotopic (exact) mass is 286 g/mol. The van der Waals surface area contributed by atoms with E-state index in [0.29, 0.717) is 19.5 Å². The second-order valence-electron chi connectivity index (χ2n) is 4.57. The maximum Gasteiger partial charge on any atom is 0.407 e. The van der Waals surface area contributed by atoms with Gasteiger partial charge < -0.3 is 15.5 Å². The Morgan fingerprint density at radius 1 is 1.37 bits per heavy atom. The van der Waals surface area contributed by atoms with E-state index in [0.717, 1.165) is 5.56 Å². The van der Waals surface area contributed by atoms with Crippen molar-refractivity contribution in [2.45, 2.75) is 25.0 Å². The first-order valence-corrected chi connectivity index (χ1v) is 6.08. The van der Waals surface area contributed by atoms with Crippen LogP contribution in [0.2, 0.25) is 0 Å². The fourth-order valence-corrected chi connectivity index (χ4v) is 2.31. The van der Waals surface area contributed by atoms with Crippen LogP contribution in [0.25, 0.3) is 0 Å². The lowest BCUT2D eigenvalue weighted by molar-refractivity contribution is 0.123. The SMILES string of the molecule is Cl.O=C(O)N(Cc1ccccc1)[C@H]1CN[C@@H](CO)C1. The maximum atomic E-state index is 11.3. The van der Waals surface area contributed by atoms with Crippen molar-refractivity contribution in [3.05, 3.63) is 35.9 Å². The topological polar surface area (TPSA) is 72.8 Å². The Labute approximate surface area is 118 Å². The van der Waals surface area contributed by atoms with Crippen molar-refractivity contribution in [1.29, 1.82) is 0 Å². The maximum absolute atomic E-state index is 11.3. The van der Waals surface area contributed by atoms with E-state index in [9.17, 15) is 9.90 Å². The first-order valence-electron chi connectivity index (χ1n) is 6.08. The lowest BCUT2D eigenvalue weighted by atomic mass is 10.1. The molecule has 1 aliphatic heterocycles. The Kier molecular flexibility index (Phi) is 6.08. The molecule has 0 spiro atoms. The van der Waals surface area contributed by atoms with Gasteiger partial charge >= 0.3 is 6.09 Å². The average molecular weight is 287 g/mol. The summed E-state index contributed by atoms with van der Waals surface area (Å²) < 4.78 is 0. The summed E-state index contributed by atoms with van der Waals surface area (Å²) in [7, 11) is 0. The van der Waals surface area contributed by atoms with Gasteiger partial charge in [0, 0.05) is 25.2 Å². The molecule has 5 nitrogen and oxygen atoms in total. The van der Waals surface area contributed by atoms with Gasteiger partial charge in [-0.1, -0.05) is 30.3 Å². The van der Waals surface area contributed by atoms with Crippen LogP contribution in [0.1, 0.15) is 12.0 Å². The molecule has 0 unspecified atom stereocenters. The fraction of sp³-hybridized carbons (Fsp3) is 0.462. The van der Waals surface area contributed by atoms with Gasteiger partial charge in [0.05, 0.1) is 6.61 Å². The minimum atomic E-state index is -0.913. The number of carboxylic acid groups (broad SMARTS) is 1. The summed E-state index contributed by atoms with van der Waals surface area (Å²) in [5, 5.41) is 21.5. The molecule has 1 amide bonds. The predicted octanol–water partition coefficient (Wildman–Crippen LogP) is 1.31. The van der Waals surface area contributed by atoms with Gasteiger partial charge in [-0.2, -0.15) is 0 Å². The Morgan fingerprint density at radius 3 is 2.58 bits per heavy atom. The van der Waals surface area contributed by atoms with Crippen molar-refractivity contribution < 1.29 is 15.0 Å². The molecule has 1 aromatic carbocycles. The van der Waals surface area contributed by atoms with Crippen LogP contribution in [0.4, 0.5) is 4.79 Å². The van der Waals surface area contributed by atoms with Crippen LogP contribution in [0.15, 0.2) is 30.3 Å².